The second-order valence-electron chi connectivity index (χ2n) is 4.44. The van der Waals surface area contributed by atoms with Crippen LogP contribution in [0, 0.1) is 11.6 Å². The summed E-state index contributed by atoms with van der Waals surface area (Å²) >= 11 is 0. The van der Waals surface area contributed by atoms with Crippen molar-refractivity contribution in [1.29, 1.82) is 0 Å². The Kier molecular flexibility index (Phi) is 4.27. The molecule has 2 aromatic rings. The summed E-state index contributed by atoms with van der Waals surface area (Å²) in [6, 6.07) is 3.93. The second kappa shape index (κ2) is 5.93. The van der Waals surface area contributed by atoms with Crippen LogP contribution in [0.2, 0.25) is 0 Å². The molecule has 0 amide bonds. The van der Waals surface area contributed by atoms with Gasteiger partial charge in [0.25, 0.3) is 0 Å². The molecular weight excluding hydrogens is 248 g/mol. The van der Waals surface area contributed by atoms with Crippen molar-refractivity contribution in [3.8, 4) is 0 Å². The van der Waals surface area contributed by atoms with E-state index >= 15 is 0 Å². The van der Waals surface area contributed by atoms with E-state index in [0.29, 0.717) is 6.42 Å². The number of nitrogens with zero attached hydrogens (tertiary/aromatic N) is 2. The fraction of sp³-hybridized carbons (Fsp3) is 0.357. The SMILES string of the molecule is CCNC(Cc1nccn1C)c1ccc(F)c(F)c1. The number of hydrogen-bond acceptors (Lipinski definition) is 2. The first-order valence-corrected chi connectivity index (χ1v) is 6.26. The molecule has 0 spiro atoms. The van der Waals surface area contributed by atoms with E-state index in [9.17, 15) is 8.78 Å². The minimum absolute atomic E-state index is 0.0822. The zero-order valence-corrected chi connectivity index (χ0v) is 11.0. The van der Waals surface area contributed by atoms with Gasteiger partial charge in [0.05, 0.1) is 0 Å². The van der Waals surface area contributed by atoms with Gasteiger partial charge in [0.2, 0.25) is 0 Å². The first-order valence-electron chi connectivity index (χ1n) is 6.26. The number of likely N-dealkylation sites (N-methyl/N-ethyl adjacent to an activating group) is 1. The number of nitrogens with one attached hydrogen (secondary N) is 1. The van der Waals surface area contributed by atoms with Gasteiger partial charge in [-0.2, -0.15) is 0 Å². The summed E-state index contributed by atoms with van der Waals surface area (Å²) in [5, 5.41) is 3.27. The molecule has 1 aromatic carbocycles. The van der Waals surface area contributed by atoms with Crippen LogP contribution in [0.4, 0.5) is 8.78 Å². The predicted molar refractivity (Wildman–Crippen MR) is 69.7 cm³/mol. The van der Waals surface area contributed by atoms with Crippen molar-refractivity contribution in [3.05, 3.63) is 53.6 Å². The molecule has 0 aliphatic rings. The molecule has 0 bridgehead atoms. The number of aromatic nitrogens is 2. The van der Waals surface area contributed by atoms with Gasteiger partial charge in [0.15, 0.2) is 11.6 Å². The molecular formula is C14H17F2N3. The molecule has 3 nitrogen and oxygen atoms in total. The fourth-order valence-electron chi connectivity index (χ4n) is 2.06. The summed E-state index contributed by atoms with van der Waals surface area (Å²) < 4.78 is 28.2. The Hall–Kier alpha value is -1.75. The van der Waals surface area contributed by atoms with Crippen LogP contribution in [-0.4, -0.2) is 16.1 Å². The van der Waals surface area contributed by atoms with Crippen molar-refractivity contribution in [1.82, 2.24) is 14.9 Å². The lowest BCUT2D eigenvalue weighted by atomic mass is 10.0. The zero-order valence-electron chi connectivity index (χ0n) is 11.0. The molecule has 102 valence electrons. The first-order chi connectivity index (χ1) is 9.11. The fourth-order valence-corrected chi connectivity index (χ4v) is 2.06. The summed E-state index contributed by atoms with van der Waals surface area (Å²) in [7, 11) is 1.91. The maximum absolute atomic E-state index is 13.3. The highest BCUT2D eigenvalue weighted by atomic mass is 19.2. The number of benzene rings is 1. The summed E-state index contributed by atoms with van der Waals surface area (Å²) in [6.45, 7) is 2.72. The van der Waals surface area contributed by atoms with Crippen LogP contribution in [0.25, 0.3) is 0 Å². The second-order valence-corrected chi connectivity index (χ2v) is 4.44. The van der Waals surface area contributed by atoms with E-state index in [1.807, 2.05) is 24.7 Å². The van der Waals surface area contributed by atoms with Crippen LogP contribution in [0.5, 0.6) is 0 Å². The van der Waals surface area contributed by atoms with E-state index < -0.39 is 11.6 Å². The Labute approximate surface area is 111 Å². The normalized spacial score (nSPS) is 12.6. The lowest BCUT2D eigenvalue weighted by Crippen LogP contribution is -2.24. The molecule has 19 heavy (non-hydrogen) atoms. The highest BCUT2D eigenvalue weighted by Gasteiger charge is 2.15. The smallest absolute Gasteiger partial charge is 0.159 e. The van der Waals surface area contributed by atoms with Crippen LogP contribution in [0.1, 0.15) is 24.4 Å². The maximum Gasteiger partial charge on any atom is 0.159 e. The number of halogens is 2. The predicted octanol–water partition coefficient (Wildman–Crippen LogP) is 2.59. The molecule has 2 rings (SSSR count). The summed E-state index contributed by atoms with van der Waals surface area (Å²) in [4.78, 5) is 4.26. The van der Waals surface area contributed by atoms with E-state index in [0.717, 1.165) is 24.0 Å². The monoisotopic (exact) mass is 265 g/mol. The Morgan fingerprint density at radius 2 is 2.11 bits per heavy atom. The van der Waals surface area contributed by atoms with E-state index in [4.69, 9.17) is 0 Å². The van der Waals surface area contributed by atoms with Crippen LogP contribution in [-0.2, 0) is 13.5 Å². The van der Waals surface area contributed by atoms with Gasteiger partial charge in [-0.05, 0) is 24.2 Å². The highest BCUT2D eigenvalue weighted by Crippen LogP contribution is 2.19. The van der Waals surface area contributed by atoms with Crippen molar-refractivity contribution < 1.29 is 8.78 Å². The molecule has 0 aliphatic carbocycles. The van der Waals surface area contributed by atoms with Crippen LogP contribution in [0.15, 0.2) is 30.6 Å². The average Bonchev–Trinajstić information content (AvgIpc) is 2.78. The number of aryl methyl sites for hydroxylation is 1. The molecule has 1 atom stereocenters. The highest BCUT2D eigenvalue weighted by molar-refractivity contribution is 5.22. The summed E-state index contributed by atoms with van der Waals surface area (Å²) in [5.74, 6) is -0.744. The van der Waals surface area contributed by atoms with Gasteiger partial charge in [0.1, 0.15) is 5.82 Å². The van der Waals surface area contributed by atoms with Crippen LogP contribution < -0.4 is 5.32 Å². The van der Waals surface area contributed by atoms with Crippen LogP contribution >= 0.6 is 0 Å². The average molecular weight is 265 g/mol. The standard InChI is InChI=1S/C14H17F2N3/c1-3-17-13(9-14-18-6-7-19(14)2)10-4-5-11(15)12(16)8-10/h4-8,13,17H,3,9H2,1-2H3. The Balaban J connectivity index is 2.24. The quantitative estimate of drug-likeness (QED) is 0.900. The lowest BCUT2D eigenvalue weighted by molar-refractivity contribution is 0.493. The summed E-state index contributed by atoms with van der Waals surface area (Å²) in [6.07, 6.45) is 4.22. The number of imidazole rings is 1. The van der Waals surface area contributed by atoms with Gasteiger partial charge >= 0.3 is 0 Å². The number of hydrogen-bond donors (Lipinski definition) is 1. The van der Waals surface area contributed by atoms with E-state index in [2.05, 4.69) is 10.3 Å². The van der Waals surface area contributed by atoms with Gasteiger partial charge in [0, 0.05) is 31.9 Å². The molecule has 0 saturated heterocycles. The lowest BCUT2D eigenvalue weighted by Gasteiger charge is -2.18. The molecule has 0 fully saturated rings. The molecule has 1 N–H and O–H groups in total. The van der Waals surface area contributed by atoms with Crippen molar-refractivity contribution in [2.75, 3.05) is 6.54 Å². The first kappa shape index (κ1) is 13.7. The molecule has 1 aromatic heterocycles. The largest absolute Gasteiger partial charge is 0.338 e. The van der Waals surface area contributed by atoms with Crippen molar-refractivity contribution >= 4 is 0 Å². The zero-order chi connectivity index (χ0) is 13.8. The van der Waals surface area contributed by atoms with Crippen LogP contribution in [0.3, 0.4) is 0 Å². The van der Waals surface area contributed by atoms with E-state index in [1.54, 1.807) is 12.3 Å². The van der Waals surface area contributed by atoms with Crippen molar-refractivity contribution in [3.63, 3.8) is 0 Å². The number of rotatable bonds is 5. The minimum Gasteiger partial charge on any atom is -0.338 e. The molecule has 0 radical (unpaired) electrons. The topological polar surface area (TPSA) is 29.9 Å². The van der Waals surface area contributed by atoms with Crippen molar-refractivity contribution in [2.45, 2.75) is 19.4 Å². The third kappa shape index (κ3) is 3.17. The third-order valence-electron chi connectivity index (χ3n) is 3.10. The Morgan fingerprint density at radius 3 is 2.68 bits per heavy atom. The molecule has 1 unspecified atom stereocenters. The minimum atomic E-state index is -0.823. The Bertz CT molecular complexity index is 551. The molecule has 0 saturated carbocycles. The molecule has 1 heterocycles. The summed E-state index contributed by atoms with van der Waals surface area (Å²) in [5.41, 5.74) is 0.726. The maximum atomic E-state index is 13.3. The van der Waals surface area contributed by atoms with Gasteiger partial charge in [-0.15, -0.1) is 0 Å². The van der Waals surface area contributed by atoms with E-state index in [-0.39, 0.29) is 6.04 Å². The van der Waals surface area contributed by atoms with Gasteiger partial charge < -0.3 is 9.88 Å². The molecule has 0 aliphatic heterocycles. The van der Waals surface area contributed by atoms with Gasteiger partial charge in [-0.1, -0.05) is 13.0 Å². The van der Waals surface area contributed by atoms with Crippen molar-refractivity contribution in [2.24, 2.45) is 7.05 Å². The third-order valence-corrected chi connectivity index (χ3v) is 3.10. The van der Waals surface area contributed by atoms with Gasteiger partial charge in [-0.3, -0.25) is 0 Å². The van der Waals surface area contributed by atoms with Gasteiger partial charge in [-0.25, -0.2) is 13.8 Å². The van der Waals surface area contributed by atoms with E-state index in [1.165, 1.54) is 6.07 Å². The Morgan fingerprint density at radius 1 is 1.32 bits per heavy atom. The molecule has 5 heteroatoms.